The fourth-order valence-electron chi connectivity index (χ4n) is 1.65. The molecule has 1 heterocycles. The number of para-hydroxylation sites is 1. The Labute approximate surface area is 124 Å². The van der Waals surface area contributed by atoms with E-state index in [9.17, 15) is 13.5 Å². The van der Waals surface area contributed by atoms with Crippen molar-refractivity contribution in [3.8, 4) is 5.75 Å². The number of benzene rings is 1. The third-order valence-electron chi connectivity index (χ3n) is 2.55. The molecular weight excluding hydrogens is 350 g/mol. The van der Waals surface area contributed by atoms with Crippen molar-refractivity contribution in [2.45, 2.75) is 17.2 Å². The molecule has 0 aliphatic carbocycles. The number of rotatable bonds is 4. The Morgan fingerprint density at radius 1 is 1.26 bits per heavy atom. The summed E-state index contributed by atoms with van der Waals surface area (Å²) in [5.41, 5.74) is 0.543. The van der Waals surface area contributed by atoms with Crippen molar-refractivity contribution in [2.75, 3.05) is 0 Å². The monoisotopic (exact) mass is 361 g/mol. The van der Waals surface area contributed by atoms with E-state index in [1.807, 2.05) is 0 Å². The van der Waals surface area contributed by atoms with Crippen LogP contribution < -0.4 is 4.72 Å². The molecule has 0 aliphatic rings. The lowest BCUT2D eigenvalue weighted by Gasteiger charge is -2.14. The van der Waals surface area contributed by atoms with Crippen molar-refractivity contribution >= 4 is 37.3 Å². The van der Waals surface area contributed by atoms with Gasteiger partial charge in [0.25, 0.3) is 10.0 Å². The van der Waals surface area contributed by atoms with Crippen LogP contribution in [0, 0.1) is 0 Å². The predicted molar refractivity (Wildman–Crippen MR) is 78.9 cm³/mol. The third kappa shape index (κ3) is 3.36. The molecular formula is C12H12BrNO3S2. The van der Waals surface area contributed by atoms with Gasteiger partial charge in [-0.25, -0.2) is 13.1 Å². The highest BCUT2D eigenvalue weighted by Gasteiger charge is 2.21. The molecule has 0 saturated carbocycles. The number of halogens is 1. The second kappa shape index (κ2) is 5.62. The van der Waals surface area contributed by atoms with E-state index in [0.29, 0.717) is 5.56 Å². The maximum atomic E-state index is 12.1. The van der Waals surface area contributed by atoms with Crippen LogP contribution in [0.25, 0.3) is 0 Å². The molecule has 0 aliphatic heterocycles. The molecule has 0 fully saturated rings. The van der Waals surface area contributed by atoms with E-state index in [4.69, 9.17) is 0 Å². The largest absolute Gasteiger partial charge is 0.508 e. The Balaban J connectivity index is 2.24. The van der Waals surface area contributed by atoms with Gasteiger partial charge in [0.2, 0.25) is 0 Å². The Kier molecular flexibility index (Phi) is 4.29. The van der Waals surface area contributed by atoms with E-state index in [-0.39, 0.29) is 9.96 Å². The number of phenols is 1. The molecule has 2 N–H and O–H groups in total. The molecule has 0 saturated heterocycles. The van der Waals surface area contributed by atoms with Crippen molar-refractivity contribution in [3.05, 3.63) is 45.7 Å². The molecule has 19 heavy (non-hydrogen) atoms. The minimum absolute atomic E-state index is 0.0741. The first-order valence-corrected chi connectivity index (χ1v) is 8.55. The average molecular weight is 362 g/mol. The van der Waals surface area contributed by atoms with Gasteiger partial charge in [-0.05, 0) is 41.1 Å². The van der Waals surface area contributed by atoms with E-state index in [1.165, 1.54) is 12.1 Å². The van der Waals surface area contributed by atoms with E-state index in [2.05, 4.69) is 20.7 Å². The molecule has 7 heteroatoms. The minimum Gasteiger partial charge on any atom is -0.508 e. The van der Waals surface area contributed by atoms with E-state index in [0.717, 1.165) is 15.1 Å². The first kappa shape index (κ1) is 14.5. The number of aromatic hydroxyl groups is 1. The Morgan fingerprint density at radius 2 is 1.95 bits per heavy atom. The van der Waals surface area contributed by atoms with E-state index >= 15 is 0 Å². The number of hydrogen-bond acceptors (Lipinski definition) is 4. The predicted octanol–water partition coefficient (Wildman–Crippen LogP) is 3.26. The maximum Gasteiger partial charge on any atom is 0.250 e. The zero-order valence-corrected chi connectivity index (χ0v) is 13.2. The third-order valence-corrected chi connectivity index (χ3v) is 6.20. The minimum atomic E-state index is -3.58. The topological polar surface area (TPSA) is 66.4 Å². The summed E-state index contributed by atoms with van der Waals surface area (Å²) < 4.78 is 27.8. The van der Waals surface area contributed by atoms with Crippen molar-refractivity contribution in [3.63, 3.8) is 0 Å². The van der Waals surface area contributed by atoms with Gasteiger partial charge >= 0.3 is 0 Å². The van der Waals surface area contributed by atoms with Crippen LogP contribution in [-0.2, 0) is 10.0 Å². The maximum absolute atomic E-state index is 12.1. The number of nitrogens with one attached hydrogen (secondary N) is 1. The second-order valence-electron chi connectivity index (χ2n) is 3.96. The first-order chi connectivity index (χ1) is 8.90. The summed E-state index contributed by atoms with van der Waals surface area (Å²) in [5, 5.41) is 9.71. The lowest BCUT2D eigenvalue weighted by Crippen LogP contribution is -2.26. The number of sulfonamides is 1. The van der Waals surface area contributed by atoms with Crippen LogP contribution in [0.5, 0.6) is 5.75 Å². The lowest BCUT2D eigenvalue weighted by molar-refractivity contribution is 0.460. The summed E-state index contributed by atoms with van der Waals surface area (Å²) in [6.45, 7) is 1.69. The molecule has 0 radical (unpaired) electrons. The number of hydrogen-bond donors (Lipinski definition) is 2. The smallest absolute Gasteiger partial charge is 0.250 e. The highest BCUT2D eigenvalue weighted by molar-refractivity contribution is 9.11. The number of thiophene rings is 1. The zero-order valence-electron chi connectivity index (χ0n) is 10.00. The lowest BCUT2D eigenvalue weighted by atomic mass is 10.1. The van der Waals surface area contributed by atoms with Crippen molar-refractivity contribution < 1.29 is 13.5 Å². The summed E-state index contributed by atoms with van der Waals surface area (Å²) in [6.07, 6.45) is 0. The van der Waals surface area contributed by atoms with Crippen molar-refractivity contribution in [1.29, 1.82) is 0 Å². The molecule has 1 aromatic heterocycles. The second-order valence-corrected chi connectivity index (χ2v) is 8.36. The van der Waals surface area contributed by atoms with Gasteiger partial charge in [-0.15, -0.1) is 11.3 Å². The molecule has 0 amide bonds. The van der Waals surface area contributed by atoms with Gasteiger partial charge in [-0.2, -0.15) is 0 Å². The molecule has 0 bridgehead atoms. The van der Waals surface area contributed by atoms with Gasteiger partial charge in [0.1, 0.15) is 9.96 Å². The highest BCUT2D eigenvalue weighted by atomic mass is 79.9. The summed E-state index contributed by atoms with van der Waals surface area (Å²) in [6, 6.07) is 9.37. The van der Waals surface area contributed by atoms with E-state index < -0.39 is 16.1 Å². The fraction of sp³-hybridized carbons (Fsp3) is 0.167. The van der Waals surface area contributed by atoms with Crippen LogP contribution in [0.1, 0.15) is 18.5 Å². The first-order valence-electron chi connectivity index (χ1n) is 5.46. The molecule has 102 valence electrons. The highest BCUT2D eigenvalue weighted by Crippen LogP contribution is 2.29. The Hall–Kier alpha value is -0.890. The molecule has 1 aromatic carbocycles. The van der Waals surface area contributed by atoms with Crippen LogP contribution >= 0.6 is 27.3 Å². The van der Waals surface area contributed by atoms with Crippen LogP contribution in [0.4, 0.5) is 0 Å². The van der Waals surface area contributed by atoms with Crippen molar-refractivity contribution in [1.82, 2.24) is 4.72 Å². The molecule has 2 aromatic rings. The van der Waals surface area contributed by atoms with Gasteiger partial charge in [-0.3, -0.25) is 0 Å². The van der Waals surface area contributed by atoms with Gasteiger partial charge in [0.15, 0.2) is 0 Å². The van der Waals surface area contributed by atoms with Crippen LogP contribution in [0.3, 0.4) is 0 Å². The Bertz CT molecular complexity index is 682. The van der Waals surface area contributed by atoms with Gasteiger partial charge in [0.05, 0.1) is 3.79 Å². The summed E-state index contributed by atoms with van der Waals surface area (Å²) in [7, 11) is -3.58. The SMILES string of the molecule is C[C@H](NS(=O)(=O)c1ccc(Br)s1)c1ccccc1O. The quantitative estimate of drug-likeness (QED) is 0.878. The number of phenolic OH excluding ortho intramolecular Hbond substituents is 1. The molecule has 2 rings (SSSR count). The molecule has 0 unspecified atom stereocenters. The summed E-state index contributed by atoms with van der Waals surface area (Å²) in [5.74, 6) is 0.0741. The fourth-order valence-corrected chi connectivity index (χ4v) is 4.90. The van der Waals surface area contributed by atoms with Gasteiger partial charge in [-0.1, -0.05) is 18.2 Å². The molecule has 0 spiro atoms. The van der Waals surface area contributed by atoms with Crippen molar-refractivity contribution in [2.24, 2.45) is 0 Å². The van der Waals surface area contributed by atoms with Crippen LogP contribution in [0.2, 0.25) is 0 Å². The zero-order chi connectivity index (χ0) is 14.0. The van der Waals surface area contributed by atoms with Gasteiger partial charge in [0, 0.05) is 11.6 Å². The average Bonchev–Trinajstić information content (AvgIpc) is 2.76. The van der Waals surface area contributed by atoms with Crippen LogP contribution in [-0.4, -0.2) is 13.5 Å². The van der Waals surface area contributed by atoms with E-state index in [1.54, 1.807) is 31.2 Å². The normalized spacial score (nSPS) is 13.4. The van der Waals surface area contributed by atoms with Gasteiger partial charge < -0.3 is 5.11 Å². The van der Waals surface area contributed by atoms with Crippen LogP contribution in [0.15, 0.2) is 44.4 Å². The Morgan fingerprint density at radius 3 is 2.53 bits per heavy atom. The molecule has 4 nitrogen and oxygen atoms in total. The standard InChI is InChI=1S/C12H12BrNO3S2/c1-8(9-4-2-3-5-10(9)15)14-19(16,17)12-7-6-11(13)18-12/h2-8,14-15H,1H3/t8-/m0/s1. The summed E-state index contributed by atoms with van der Waals surface area (Å²) >= 11 is 4.37. The summed E-state index contributed by atoms with van der Waals surface area (Å²) in [4.78, 5) is 0. The molecule has 1 atom stereocenters.